The summed E-state index contributed by atoms with van der Waals surface area (Å²) in [6.07, 6.45) is 1.75. The molecule has 180 valence electrons. The van der Waals surface area contributed by atoms with Gasteiger partial charge in [-0.25, -0.2) is 13.4 Å². The molecule has 0 atom stereocenters. The molecule has 0 fully saturated rings. The molecule has 8 nitrogen and oxygen atoms in total. The summed E-state index contributed by atoms with van der Waals surface area (Å²) in [4.78, 5) is 30.4. The minimum Gasteiger partial charge on any atom is -0.298 e. The molecular formula is C25H23ClN4O4S. The van der Waals surface area contributed by atoms with Gasteiger partial charge in [0, 0.05) is 18.8 Å². The molecule has 0 unspecified atom stereocenters. The number of hydrogen-bond donors (Lipinski definition) is 1. The van der Waals surface area contributed by atoms with Gasteiger partial charge in [0.15, 0.2) is 6.29 Å². The van der Waals surface area contributed by atoms with Crippen LogP contribution in [-0.2, 0) is 15.4 Å². The van der Waals surface area contributed by atoms with Crippen LogP contribution >= 0.6 is 11.6 Å². The normalized spacial score (nSPS) is 11.4. The van der Waals surface area contributed by atoms with Gasteiger partial charge in [-0.1, -0.05) is 44.5 Å². The molecule has 1 amide bonds. The number of anilines is 2. The van der Waals surface area contributed by atoms with Crippen LogP contribution in [0.4, 0.5) is 11.5 Å². The van der Waals surface area contributed by atoms with Crippen LogP contribution in [0, 0.1) is 11.3 Å². The number of nitriles is 1. The number of halogens is 1. The van der Waals surface area contributed by atoms with Crippen molar-refractivity contribution in [1.82, 2.24) is 4.98 Å². The molecule has 10 heteroatoms. The molecule has 0 saturated heterocycles. The second kappa shape index (κ2) is 9.86. The summed E-state index contributed by atoms with van der Waals surface area (Å²) in [6, 6.07) is 13.9. The molecule has 3 rings (SSSR count). The van der Waals surface area contributed by atoms with Crippen molar-refractivity contribution in [2.75, 3.05) is 16.7 Å². The van der Waals surface area contributed by atoms with Crippen molar-refractivity contribution >= 4 is 45.3 Å². The van der Waals surface area contributed by atoms with Gasteiger partial charge in [0.25, 0.3) is 15.9 Å². The topological polar surface area (TPSA) is 120 Å². The van der Waals surface area contributed by atoms with Crippen molar-refractivity contribution in [2.45, 2.75) is 31.1 Å². The summed E-state index contributed by atoms with van der Waals surface area (Å²) in [5, 5.41) is 9.12. The molecule has 35 heavy (non-hydrogen) atoms. The van der Waals surface area contributed by atoms with Crippen molar-refractivity contribution in [3.63, 3.8) is 0 Å². The van der Waals surface area contributed by atoms with Crippen LogP contribution in [0.5, 0.6) is 0 Å². The Kier molecular flexibility index (Phi) is 7.29. The third-order valence-electron chi connectivity index (χ3n) is 5.32. The summed E-state index contributed by atoms with van der Waals surface area (Å²) >= 11 is 6.15. The van der Waals surface area contributed by atoms with Gasteiger partial charge in [-0.2, -0.15) is 5.26 Å². The standard InChI is InChI=1S/C25H23ClN4O4S/c1-25(2,3)17-5-7-18(8-6-17)35(33,34)29-21-10-9-20(26)19(15-31)23(21)24(32)30(4)22-13-16(14-27)11-12-28-22/h5-13,15,29H,1-4H3. The Balaban J connectivity index is 2.06. The zero-order chi connectivity index (χ0) is 26.0. The van der Waals surface area contributed by atoms with Gasteiger partial charge in [-0.15, -0.1) is 0 Å². The maximum Gasteiger partial charge on any atom is 0.262 e. The Hall–Kier alpha value is -3.74. The summed E-state index contributed by atoms with van der Waals surface area (Å²) in [5.41, 5.74) is 0.528. The molecule has 3 aromatic rings. The number of hydrogen-bond acceptors (Lipinski definition) is 6. The summed E-state index contributed by atoms with van der Waals surface area (Å²) in [5.74, 6) is -0.601. The van der Waals surface area contributed by atoms with Crippen LogP contribution in [0.3, 0.4) is 0 Å². The van der Waals surface area contributed by atoms with Crippen LogP contribution < -0.4 is 9.62 Å². The van der Waals surface area contributed by atoms with E-state index < -0.39 is 15.9 Å². The minimum absolute atomic E-state index is 0.0109. The number of aromatic nitrogens is 1. The van der Waals surface area contributed by atoms with E-state index in [1.165, 1.54) is 49.6 Å². The zero-order valence-electron chi connectivity index (χ0n) is 19.5. The highest BCUT2D eigenvalue weighted by Crippen LogP contribution is 2.31. The first kappa shape index (κ1) is 25.9. The van der Waals surface area contributed by atoms with Crippen molar-refractivity contribution in [1.29, 1.82) is 5.26 Å². The number of carbonyl (C=O) groups excluding carboxylic acids is 2. The number of benzene rings is 2. The summed E-state index contributed by atoms with van der Waals surface area (Å²) in [6.45, 7) is 6.04. The number of nitrogens with zero attached hydrogens (tertiary/aromatic N) is 3. The first-order valence-electron chi connectivity index (χ1n) is 10.4. The SMILES string of the molecule is CN(C(=O)c1c(NS(=O)(=O)c2ccc(C(C)(C)C)cc2)ccc(Cl)c1C=O)c1cc(C#N)ccn1. The highest BCUT2D eigenvalue weighted by molar-refractivity contribution is 7.92. The first-order chi connectivity index (χ1) is 16.4. The number of carbonyl (C=O) groups is 2. The molecule has 1 heterocycles. The van der Waals surface area contributed by atoms with Gasteiger partial charge >= 0.3 is 0 Å². The molecule has 0 spiro atoms. The Labute approximate surface area is 209 Å². The van der Waals surface area contributed by atoms with Crippen molar-refractivity contribution < 1.29 is 18.0 Å². The average Bonchev–Trinajstić information content (AvgIpc) is 2.83. The second-order valence-electron chi connectivity index (χ2n) is 8.76. The lowest BCUT2D eigenvalue weighted by atomic mass is 9.87. The Morgan fingerprint density at radius 1 is 1.14 bits per heavy atom. The second-order valence-corrected chi connectivity index (χ2v) is 10.8. The predicted octanol–water partition coefficient (Wildman–Crippen LogP) is 4.79. The summed E-state index contributed by atoms with van der Waals surface area (Å²) < 4.78 is 28.7. The average molecular weight is 511 g/mol. The number of rotatable bonds is 6. The van der Waals surface area contributed by atoms with E-state index in [2.05, 4.69) is 9.71 Å². The van der Waals surface area contributed by atoms with Crippen molar-refractivity contribution in [3.05, 3.63) is 82.0 Å². The lowest BCUT2D eigenvalue weighted by molar-refractivity contribution is 0.0986. The highest BCUT2D eigenvalue weighted by atomic mass is 35.5. The molecule has 1 N–H and O–H groups in total. The van der Waals surface area contributed by atoms with E-state index in [0.29, 0.717) is 6.29 Å². The van der Waals surface area contributed by atoms with Gasteiger partial charge in [0.05, 0.1) is 32.8 Å². The van der Waals surface area contributed by atoms with Crippen LogP contribution in [-0.4, -0.2) is 32.6 Å². The van der Waals surface area contributed by atoms with E-state index in [4.69, 9.17) is 16.9 Å². The van der Waals surface area contributed by atoms with Crippen molar-refractivity contribution in [2.24, 2.45) is 0 Å². The quantitative estimate of drug-likeness (QED) is 0.476. The summed E-state index contributed by atoms with van der Waals surface area (Å²) in [7, 11) is -2.72. The van der Waals surface area contributed by atoms with E-state index in [-0.39, 0.29) is 43.5 Å². The lowest BCUT2D eigenvalue weighted by Gasteiger charge is -2.21. The number of pyridine rings is 1. The van der Waals surface area contributed by atoms with Gasteiger partial charge in [0.2, 0.25) is 0 Å². The lowest BCUT2D eigenvalue weighted by Crippen LogP contribution is -2.29. The fraction of sp³-hybridized carbons (Fsp3) is 0.200. The molecule has 0 aliphatic heterocycles. The predicted molar refractivity (Wildman–Crippen MR) is 134 cm³/mol. The largest absolute Gasteiger partial charge is 0.298 e. The molecule has 0 saturated carbocycles. The molecule has 1 aromatic heterocycles. The van der Waals surface area contributed by atoms with Crippen LogP contribution in [0.15, 0.2) is 59.6 Å². The number of nitrogens with one attached hydrogen (secondary N) is 1. The Bertz CT molecular complexity index is 1440. The molecule has 0 radical (unpaired) electrons. The van der Waals surface area contributed by atoms with Crippen LogP contribution in [0.1, 0.15) is 52.6 Å². The van der Waals surface area contributed by atoms with Gasteiger partial charge in [-0.05, 0) is 47.4 Å². The highest BCUT2D eigenvalue weighted by Gasteiger charge is 2.27. The van der Waals surface area contributed by atoms with E-state index in [0.717, 1.165) is 10.5 Å². The van der Waals surface area contributed by atoms with E-state index in [1.54, 1.807) is 12.1 Å². The monoisotopic (exact) mass is 510 g/mol. The maximum absolute atomic E-state index is 13.4. The van der Waals surface area contributed by atoms with Gasteiger partial charge < -0.3 is 0 Å². The van der Waals surface area contributed by atoms with Gasteiger partial charge in [-0.3, -0.25) is 19.2 Å². The third kappa shape index (κ3) is 5.50. The molecule has 0 bridgehead atoms. The Morgan fingerprint density at radius 2 is 1.80 bits per heavy atom. The number of amides is 1. The van der Waals surface area contributed by atoms with Crippen LogP contribution in [0.2, 0.25) is 5.02 Å². The van der Waals surface area contributed by atoms with E-state index in [1.807, 2.05) is 26.8 Å². The Morgan fingerprint density at radius 3 is 2.37 bits per heavy atom. The smallest absolute Gasteiger partial charge is 0.262 e. The molecular weight excluding hydrogens is 488 g/mol. The van der Waals surface area contributed by atoms with E-state index in [9.17, 15) is 18.0 Å². The molecule has 0 aliphatic rings. The molecule has 0 aliphatic carbocycles. The van der Waals surface area contributed by atoms with Crippen molar-refractivity contribution in [3.8, 4) is 6.07 Å². The maximum atomic E-state index is 13.4. The minimum atomic E-state index is -4.11. The number of sulfonamides is 1. The fourth-order valence-corrected chi connectivity index (χ4v) is 4.58. The zero-order valence-corrected chi connectivity index (χ0v) is 21.1. The first-order valence-corrected chi connectivity index (χ1v) is 12.3. The fourth-order valence-electron chi connectivity index (χ4n) is 3.31. The van der Waals surface area contributed by atoms with E-state index >= 15 is 0 Å². The third-order valence-corrected chi connectivity index (χ3v) is 7.03. The van der Waals surface area contributed by atoms with Gasteiger partial charge in [0.1, 0.15) is 5.82 Å². The molecule has 2 aromatic carbocycles. The number of aldehydes is 1. The van der Waals surface area contributed by atoms with Crippen LogP contribution in [0.25, 0.3) is 0 Å².